The van der Waals surface area contributed by atoms with Crippen LogP contribution in [0.15, 0.2) is 29.2 Å². The standard InChI is InChI=1S/C16H24OS/c1-13-8-5-6-10-15(13)18-12-14(17)9-7-11-16(2,3)4/h5-6,8,10H,7,9,11-12H2,1-4H3. The van der Waals surface area contributed by atoms with Gasteiger partial charge in [-0.3, -0.25) is 4.79 Å². The summed E-state index contributed by atoms with van der Waals surface area (Å²) in [6.07, 6.45) is 2.85. The Bertz CT molecular complexity index is 390. The Hall–Kier alpha value is -0.760. The maximum absolute atomic E-state index is 11.8. The molecule has 0 radical (unpaired) electrons. The minimum Gasteiger partial charge on any atom is -0.299 e. The molecule has 0 saturated carbocycles. The molecule has 2 heteroatoms. The van der Waals surface area contributed by atoms with Crippen LogP contribution in [0.1, 0.15) is 45.6 Å². The van der Waals surface area contributed by atoms with Crippen LogP contribution < -0.4 is 0 Å². The zero-order valence-corrected chi connectivity index (χ0v) is 12.8. The highest BCUT2D eigenvalue weighted by Crippen LogP contribution is 2.24. The third-order valence-corrected chi connectivity index (χ3v) is 4.10. The fourth-order valence-corrected chi connectivity index (χ4v) is 2.70. The first kappa shape index (κ1) is 15.3. The second kappa shape index (κ2) is 6.98. The van der Waals surface area contributed by atoms with Gasteiger partial charge in [0.2, 0.25) is 0 Å². The zero-order valence-electron chi connectivity index (χ0n) is 12.0. The number of aryl methyl sites for hydroxylation is 1. The van der Waals surface area contributed by atoms with E-state index in [-0.39, 0.29) is 0 Å². The van der Waals surface area contributed by atoms with Gasteiger partial charge in [0.05, 0.1) is 5.75 Å². The van der Waals surface area contributed by atoms with Crippen molar-refractivity contribution in [3.63, 3.8) is 0 Å². The molecule has 0 bridgehead atoms. The number of carbonyl (C=O) groups is 1. The molecule has 0 aliphatic heterocycles. The summed E-state index contributed by atoms with van der Waals surface area (Å²) in [5, 5.41) is 0. The maximum Gasteiger partial charge on any atom is 0.143 e. The van der Waals surface area contributed by atoms with Gasteiger partial charge in [0.15, 0.2) is 0 Å². The quantitative estimate of drug-likeness (QED) is 0.682. The van der Waals surface area contributed by atoms with Crippen molar-refractivity contribution in [2.45, 2.75) is 51.9 Å². The fourth-order valence-electron chi connectivity index (χ4n) is 1.76. The molecule has 0 fully saturated rings. The van der Waals surface area contributed by atoms with Crippen LogP contribution in [0.2, 0.25) is 0 Å². The van der Waals surface area contributed by atoms with E-state index in [0.717, 1.165) is 19.3 Å². The number of carbonyl (C=O) groups excluding carboxylic acids is 1. The highest BCUT2D eigenvalue weighted by Gasteiger charge is 2.11. The van der Waals surface area contributed by atoms with Gasteiger partial charge in [-0.05, 0) is 36.8 Å². The Balaban J connectivity index is 2.28. The molecule has 0 atom stereocenters. The lowest BCUT2D eigenvalue weighted by atomic mass is 9.89. The predicted octanol–water partition coefficient (Wildman–Crippen LogP) is 4.87. The average Bonchev–Trinajstić information content (AvgIpc) is 2.26. The van der Waals surface area contributed by atoms with E-state index in [1.54, 1.807) is 11.8 Å². The first-order chi connectivity index (χ1) is 8.38. The van der Waals surface area contributed by atoms with Crippen LogP contribution in [-0.4, -0.2) is 11.5 Å². The fraction of sp³-hybridized carbons (Fsp3) is 0.562. The van der Waals surface area contributed by atoms with Crippen LogP contribution in [0.25, 0.3) is 0 Å². The number of benzene rings is 1. The first-order valence-electron chi connectivity index (χ1n) is 6.58. The second-order valence-electron chi connectivity index (χ2n) is 6.01. The molecule has 0 saturated heterocycles. The lowest BCUT2D eigenvalue weighted by molar-refractivity contribution is -0.116. The van der Waals surface area contributed by atoms with Crippen molar-refractivity contribution in [1.29, 1.82) is 0 Å². The van der Waals surface area contributed by atoms with Gasteiger partial charge in [-0.1, -0.05) is 39.0 Å². The summed E-state index contributed by atoms with van der Waals surface area (Å²) in [7, 11) is 0. The second-order valence-corrected chi connectivity index (χ2v) is 7.02. The van der Waals surface area contributed by atoms with Crippen LogP contribution in [0.3, 0.4) is 0 Å². The minimum atomic E-state index is 0.337. The van der Waals surface area contributed by atoms with Crippen molar-refractivity contribution in [1.82, 2.24) is 0 Å². The third-order valence-electron chi connectivity index (χ3n) is 2.86. The normalized spacial score (nSPS) is 11.6. The summed E-state index contributed by atoms with van der Waals surface area (Å²) in [6, 6.07) is 8.23. The van der Waals surface area contributed by atoms with Crippen LogP contribution in [0.5, 0.6) is 0 Å². The van der Waals surface area contributed by atoms with E-state index >= 15 is 0 Å². The number of hydrogen-bond acceptors (Lipinski definition) is 2. The molecule has 1 aromatic carbocycles. The molecule has 1 nitrogen and oxygen atoms in total. The van der Waals surface area contributed by atoms with Crippen LogP contribution >= 0.6 is 11.8 Å². The van der Waals surface area contributed by atoms with Gasteiger partial charge in [0, 0.05) is 11.3 Å². The molecular weight excluding hydrogens is 240 g/mol. The van der Waals surface area contributed by atoms with E-state index < -0.39 is 0 Å². The molecule has 0 aromatic heterocycles. The maximum atomic E-state index is 11.8. The molecular formula is C16H24OS. The molecule has 18 heavy (non-hydrogen) atoms. The monoisotopic (exact) mass is 264 g/mol. The van der Waals surface area contributed by atoms with Gasteiger partial charge in [-0.2, -0.15) is 0 Å². The van der Waals surface area contributed by atoms with Crippen LogP contribution in [-0.2, 0) is 4.79 Å². The van der Waals surface area contributed by atoms with Gasteiger partial charge in [0.25, 0.3) is 0 Å². The Morgan fingerprint density at radius 3 is 2.50 bits per heavy atom. The Labute approximate surface area is 115 Å². The smallest absolute Gasteiger partial charge is 0.143 e. The number of Topliss-reactive ketones (excluding diaryl/α,β-unsaturated/α-hetero) is 1. The van der Waals surface area contributed by atoms with E-state index in [1.807, 2.05) is 12.1 Å². The highest BCUT2D eigenvalue weighted by atomic mass is 32.2. The van der Waals surface area contributed by atoms with Gasteiger partial charge in [-0.15, -0.1) is 11.8 Å². The minimum absolute atomic E-state index is 0.337. The average molecular weight is 264 g/mol. The third kappa shape index (κ3) is 6.25. The molecule has 0 aliphatic carbocycles. The highest BCUT2D eigenvalue weighted by molar-refractivity contribution is 8.00. The summed E-state index contributed by atoms with van der Waals surface area (Å²) in [6.45, 7) is 8.76. The van der Waals surface area contributed by atoms with Crippen molar-refractivity contribution in [3.05, 3.63) is 29.8 Å². The zero-order chi connectivity index (χ0) is 13.6. The van der Waals surface area contributed by atoms with Crippen molar-refractivity contribution in [2.24, 2.45) is 5.41 Å². The topological polar surface area (TPSA) is 17.1 Å². The summed E-state index contributed by atoms with van der Waals surface area (Å²) in [5.74, 6) is 0.974. The SMILES string of the molecule is Cc1ccccc1SCC(=O)CCCC(C)(C)C. The van der Waals surface area contributed by atoms with Gasteiger partial charge < -0.3 is 0 Å². The summed E-state index contributed by atoms with van der Waals surface area (Å²) >= 11 is 1.66. The number of thioether (sulfide) groups is 1. The predicted molar refractivity (Wildman–Crippen MR) is 80.2 cm³/mol. The Morgan fingerprint density at radius 1 is 1.22 bits per heavy atom. The molecule has 1 aromatic rings. The summed E-state index contributed by atoms with van der Waals surface area (Å²) in [4.78, 5) is 13.0. The lowest BCUT2D eigenvalue weighted by Gasteiger charge is -2.17. The van der Waals surface area contributed by atoms with Gasteiger partial charge in [-0.25, -0.2) is 0 Å². The molecule has 0 heterocycles. The molecule has 100 valence electrons. The molecule has 0 N–H and O–H groups in total. The van der Waals surface area contributed by atoms with Gasteiger partial charge in [0.1, 0.15) is 5.78 Å². The van der Waals surface area contributed by atoms with E-state index in [0.29, 0.717) is 17.0 Å². The van der Waals surface area contributed by atoms with Crippen molar-refractivity contribution < 1.29 is 4.79 Å². The van der Waals surface area contributed by atoms with Crippen molar-refractivity contribution in [2.75, 3.05) is 5.75 Å². The van der Waals surface area contributed by atoms with Gasteiger partial charge >= 0.3 is 0 Å². The largest absolute Gasteiger partial charge is 0.299 e. The number of hydrogen-bond donors (Lipinski definition) is 0. The molecule has 0 spiro atoms. The van der Waals surface area contributed by atoms with Crippen molar-refractivity contribution in [3.8, 4) is 0 Å². The van der Waals surface area contributed by atoms with Crippen LogP contribution in [0, 0.1) is 12.3 Å². The van der Waals surface area contributed by atoms with Crippen LogP contribution in [0.4, 0.5) is 0 Å². The number of ketones is 1. The molecule has 0 aliphatic rings. The lowest BCUT2D eigenvalue weighted by Crippen LogP contribution is -2.07. The number of rotatable bonds is 6. The molecule has 0 amide bonds. The summed E-state index contributed by atoms with van der Waals surface area (Å²) < 4.78 is 0. The summed E-state index contributed by atoms with van der Waals surface area (Å²) in [5.41, 5.74) is 1.59. The van der Waals surface area contributed by atoms with E-state index in [9.17, 15) is 4.79 Å². The molecule has 1 rings (SSSR count). The molecule has 0 unspecified atom stereocenters. The van der Waals surface area contributed by atoms with E-state index in [1.165, 1.54) is 10.5 Å². The van der Waals surface area contributed by atoms with E-state index in [2.05, 4.69) is 39.8 Å². The Kier molecular flexibility index (Phi) is 5.94. The first-order valence-corrected chi connectivity index (χ1v) is 7.57. The Morgan fingerprint density at radius 2 is 1.89 bits per heavy atom. The van der Waals surface area contributed by atoms with Crippen molar-refractivity contribution >= 4 is 17.5 Å². The van der Waals surface area contributed by atoms with E-state index in [4.69, 9.17) is 0 Å².